The predicted octanol–water partition coefficient (Wildman–Crippen LogP) is 2.59. The number of hydrogen-bond donors (Lipinski definition) is 1. The average molecular weight is 365 g/mol. The number of carbonyl (C=O) groups excluding carboxylic acids is 1. The molecule has 0 aromatic rings. The van der Waals surface area contributed by atoms with Crippen LogP contribution in [0.25, 0.3) is 0 Å². The highest BCUT2D eigenvalue weighted by molar-refractivity contribution is 5.81. The van der Waals surface area contributed by atoms with E-state index in [4.69, 9.17) is 9.47 Å². The van der Waals surface area contributed by atoms with Gasteiger partial charge in [-0.05, 0) is 62.8 Å². The Morgan fingerprint density at radius 2 is 1.81 bits per heavy atom. The molecule has 5 nitrogen and oxygen atoms in total. The van der Waals surface area contributed by atoms with E-state index in [1.165, 1.54) is 51.6 Å². The first-order chi connectivity index (χ1) is 12.8. The van der Waals surface area contributed by atoms with E-state index in [9.17, 15) is 4.79 Å². The molecule has 1 aliphatic carbocycles. The standard InChI is InChI=1S/C21H36N2O3/c24-21(22-13-16-7-10-25-11-8-16)19-12-18-6-9-23(15-20(18)26-19)14-17-4-2-1-3-5-17/h16-20H,1-15H2,(H,22,24)/t18-,19+,20+/m0/s1. The molecule has 0 aromatic carbocycles. The fourth-order valence-corrected chi connectivity index (χ4v) is 5.37. The quantitative estimate of drug-likeness (QED) is 0.815. The van der Waals surface area contributed by atoms with Crippen LogP contribution in [0.4, 0.5) is 0 Å². The molecular weight excluding hydrogens is 328 g/mol. The molecule has 0 aromatic heterocycles. The van der Waals surface area contributed by atoms with E-state index in [1.807, 2.05) is 0 Å². The first-order valence-electron chi connectivity index (χ1n) is 11.0. The lowest BCUT2D eigenvalue weighted by molar-refractivity contribution is -0.133. The Morgan fingerprint density at radius 3 is 2.62 bits per heavy atom. The number of fused-ring (bicyclic) bond motifs is 1. The van der Waals surface area contributed by atoms with E-state index in [-0.39, 0.29) is 18.1 Å². The second-order valence-electron chi connectivity index (χ2n) is 9.01. The fourth-order valence-electron chi connectivity index (χ4n) is 5.37. The van der Waals surface area contributed by atoms with Gasteiger partial charge in [0.1, 0.15) is 6.10 Å². The van der Waals surface area contributed by atoms with Crippen LogP contribution in [-0.4, -0.2) is 62.4 Å². The van der Waals surface area contributed by atoms with Gasteiger partial charge in [0.2, 0.25) is 5.91 Å². The third kappa shape index (κ3) is 4.79. The molecule has 0 unspecified atom stereocenters. The molecule has 1 N–H and O–H groups in total. The van der Waals surface area contributed by atoms with Crippen molar-refractivity contribution in [1.29, 1.82) is 0 Å². The number of ether oxygens (including phenoxy) is 2. The molecule has 26 heavy (non-hydrogen) atoms. The molecule has 1 saturated carbocycles. The summed E-state index contributed by atoms with van der Waals surface area (Å²) in [6, 6.07) is 0. The smallest absolute Gasteiger partial charge is 0.249 e. The molecule has 5 heteroatoms. The molecule has 4 aliphatic rings. The summed E-state index contributed by atoms with van der Waals surface area (Å²) in [7, 11) is 0. The van der Waals surface area contributed by atoms with Crippen LogP contribution in [0.5, 0.6) is 0 Å². The number of amides is 1. The molecule has 3 saturated heterocycles. The molecule has 1 amide bonds. The third-order valence-electron chi connectivity index (χ3n) is 7.08. The number of rotatable bonds is 5. The number of nitrogens with one attached hydrogen (secondary N) is 1. The van der Waals surface area contributed by atoms with E-state index < -0.39 is 0 Å². The molecule has 4 rings (SSSR count). The van der Waals surface area contributed by atoms with Crippen LogP contribution in [0.1, 0.15) is 57.8 Å². The van der Waals surface area contributed by atoms with Crippen LogP contribution in [0, 0.1) is 17.8 Å². The number of piperidine rings is 1. The van der Waals surface area contributed by atoms with E-state index >= 15 is 0 Å². The number of nitrogens with zero attached hydrogens (tertiary/aromatic N) is 1. The van der Waals surface area contributed by atoms with Gasteiger partial charge in [-0.2, -0.15) is 0 Å². The topological polar surface area (TPSA) is 50.8 Å². The minimum absolute atomic E-state index is 0.115. The Morgan fingerprint density at radius 1 is 1.00 bits per heavy atom. The second kappa shape index (κ2) is 9.03. The van der Waals surface area contributed by atoms with Gasteiger partial charge in [-0.1, -0.05) is 19.3 Å². The van der Waals surface area contributed by atoms with Crippen molar-refractivity contribution in [3.8, 4) is 0 Å². The lowest BCUT2D eigenvalue weighted by atomic mass is 9.87. The van der Waals surface area contributed by atoms with Crippen LogP contribution in [0.15, 0.2) is 0 Å². The summed E-state index contributed by atoms with van der Waals surface area (Å²) in [4.78, 5) is 15.2. The lowest BCUT2D eigenvalue weighted by Crippen LogP contribution is -2.44. The van der Waals surface area contributed by atoms with E-state index in [1.54, 1.807) is 0 Å². The Hall–Kier alpha value is -0.650. The highest BCUT2D eigenvalue weighted by Gasteiger charge is 2.42. The van der Waals surface area contributed by atoms with Crippen LogP contribution in [0.2, 0.25) is 0 Å². The van der Waals surface area contributed by atoms with Gasteiger partial charge in [-0.15, -0.1) is 0 Å². The van der Waals surface area contributed by atoms with Crippen molar-refractivity contribution >= 4 is 5.91 Å². The van der Waals surface area contributed by atoms with Crippen molar-refractivity contribution in [2.75, 3.05) is 39.4 Å². The minimum Gasteiger partial charge on any atom is -0.381 e. The normalized spacial score (nSPS) is 34.5. The number of carbonyl (C=O) groups is 1. The molecule has 0 radical (unpaired) electrons. The van der Waals surface area contributed by atoms with Crippen molar-refractivity contribution < 1.29 is 14.3 Å². The average Bonchev–Trinajstić information content (AvgIpc) is 3.11. The number of likely N-dealkylation sites (tertiary alicyclic amines) is 1. The van der Waals surface area contributed by atoms with Gasteiger partial charge in [-0.25, -0.2) is 0 Å². The van der Waals surface area contributed by atoms with E-state index in [0.717, 1.165) is 51.5 Å². The molecule has 4 fully saturated rings. The maximum Gasteiger partial charge on any atom is 0.249 e. The molecule has 3 atom stereocenters. The lowest BCUT2D eigenvalue weighted by Gasteiger charge is -2.37. The maximum absolute atomic E-state index is 12.5. The molecule has 3 aliphatic heterocycles. The molecule has 0 bridgehead atoms. The zero-order chi connectivity index (χ0) is 17.8. The van der Waals surface area contributed by atoms with Crippen LogP contribution in [0.3, 0.4) is 0 Å². The van der Waals surface area contributed by atoms with Gasteiger partial charge >= 0.3 is 0 Å². The minimum atomic E-state index is -0.223. The Labute approximate surface area is 158 Å². The van der Waals surface area contributed by atoms with E-state index in [0.29, 0.717) is 11.8 Å². The largest absolute Gasteiger partial charge is 0.381 e. The Balaban J connectivity index is 1.20. The third-order valence-corrected chi connectivity index (χ3v) is 7.08. The molecule has 148 valence electrons. The summed E-state index contributed by atoms with van der Waals surface area (Å²) in [6.45, 7) is 5.92. The number of hydrogen-bond acceptors (Lipinski definition) is 4. The van der Waals surface area contributed by atoms with Crippen LogP contribution in [-0.2, 0) is 14.3 Å². The van der Waals surface area contributed by atoms with Gasteiger partial charge in [0.25, 0.3) is 0 Å². The summed E-state index contributed by atoms with van der Waals surface area (Å²) in [5.74, 6) is 2.16. The molecule has 0 spiro atoms. The SMILES string of the molecule is O=C(NCC1CCOCC1)[C@H]1C[C@@H]2CCN(CC3CCCCC3)C[C@H]2O1. The van der Waals surface area contributed by atoms with Crippen molar-refractivity contribution in [3.05, 3.63) is 0 Å². The molecule has 3 heterocycles. The summed E-state index contributed by atoms with van der Waals surface area (Å²) >= 11 is 0. The zero-order valence-electron chi connectivity index (χ0n) is 16.2. The fraction of sp³-hybridized carbons (Fsp3) is 0.952. The Bertz CT molecular complexity index is 460. The molecular formula is C21H36N2O3. The highest BCUT2D eigenvalue weighted by Crippen LogP contribution is 2.34. The summed E-state index contributed by atoms with van der Waals surface area (Å²) in [5.41, 5.74) is 0. The predicted molar refractivity (Wildman–Crippen MR) is 101 cm³/mol. The monoisotopic (exact) mass is 364 g/mol. The van der Waals surface area contributed by atoms with Crippen molar-refractivity contribution in [3.63, 3.8) is 0 Å². The van der Waals surface area contributed by atoms with Gasteiger partial charge in [0.15, 0.2) is 0 Å². The van der Waals surface area contributed by atoms with E-state index in [2.05, 4.69) is 10.2 Å². The van der Waals surface area contributed by atoms with Crippen molar-refractivity contribution in [2.45, 2.75) is 70.0 Å². The van der Waals surface area contributed by atoms with Crippen molar-refractivity contribution in [1.82, 2.24) is 10.2 Å². The van der Waals surface area contributed by atoms with Crippen molar-refractivity contribution in [2.24, 2.45) is 17.8 Å². The van der Waals surface area contributed by atoms with Crippen LogP contribution >= 0.6 is 0 Å². The zero-order valence-corrected chi connectivity index (χ0v) is 16.2. The van der Waals surface area contributed by atoms with Gasteiger partial charge in [0.05, 0.1) is 6.10 Å². The first-order valence-corrected chi connectivity index (χ1v) is 11.0. The first kappa shape index (κ1) is 18.7. The van der Waals surface area contributed by atoms with Crippen LogP contribution < -0.4 is 5.32 Å². The summed E-state index contributed by atoms with van der Waals surface area (Å²) < 4.78 is 11.6. The highest BCUT2D eigenvalue weighted by atomic mass is 16.5. The second-order valence-corrected chi connectivity index (χ2v) is 9.01. The Kier molecular flexibility index (Phi) is 6.49. The van der Waals surface area contributed by atoms with Gasteiger partial charge in [0, 0.05) is 32.8 Å². The van der Waals surface area contributed by atoms with Gasteiger partial charge < -0.3 is 19.7 Å². The maximum atomic E-state index is 12.5. The van der Waals surface area contributed by atoms with Gasteiger partial charge in [-0.3, -0.25) is 4.79 Å². The summed E-state index contributed by atoms with van der Waals surface area (Å²) in [6.07, 6.45) is 11.3. The summed E-state index contributed by atoms with van der Waals surface area (Å²) in [5, 5.41) is 3.15.